The number of carbonyl (C=O) groups excluding carboxylic acids is 2. The molecule has 3 aliphatic rings. The number of piperazine rings is 1. The third kappa shape index (κ3) is 3.71. The predicted octanol–water partition coefficient (Wildman–Crippen LogP) is 0.410. The molecule has 1 aromatic carbocycles. The minimum atomic E-state index is -3.55. The van der Waals surface area contributed by atoms with Crippen molar-refractivity contribution in [2.24, 2.45) is 0 Å². The van der Waals surface area contributed by atoms with Gasteiger partial charge in [0.05, 0.1) is 22.3 Å². The molecule has 2 amide bonds. The Morgan fingerprint density at radius 3 is 2.31 bits per heavy atom. The highest BCUT2D eigenvalue weighted by molar-refractivity contribution is 7.90. The molecule has 0 N–H and O–H groups in total. The van der Waals surface area contributed by atoms with E-state index in [1.54, 1.807) is 0 Å². The van der Waals surface area contributed by atoms with E-state index < -0.39 is 20.8 Å². The van der Waals surface area contributed by atoms with Crippen molar-refractivity contribution in [1.29, 1.82) is 0 Å². The molecule has 11 heteroatoms. The zero-order chi connectivity index (χ0) is 20.9. The van der Waals surface area contributed by atoms with Gasteiger partial charge >= 0.3 is 0 Å². The van der Waals surface area contributed by atoms with Gasteiger partial charge in [-0.25, -0.2) is 8.42 Å². The topological polar surface area (TPSA) is 121 Å². The van der Waals surface area contributed by atoms with Crippen molar-refractivity contribution in [1.82, 2.24) is 9.80 Å². The van der Waals surface area contributed by atoms with Gasteiger partial charge in [-0.1, -0.05) is 0 Å². The molecule has 3 fully saturated rings. The highest BCUT2D eigenvalue weighted by atomic mass is 32.2. The van der Waals surface area contributed by atoms with Gasteiger partial charge in [-0.05, 0) is 25.0 Å². The first-order valence-corrected chi connectivity index (χ1v) is 11.4. The fourth-order valence-electron chi connectivity index (χ4n) is 4.06. The van der Waals surface area contributed by atoms with Crippen LogP contribution in [0.15, 0.2) is 23.1 Å². The molecule has 2 heterocycles. The number of anilines is 1. The summed E-state index contributed by atoms with van der Waals surface area (Å²) in [6.07, 6.45) is 2.96. The SMILES string of the molecule is CS(=O)(=O)c1ccc(N2CCN([C@@H]3CC(=O)N(C4CC4)C3=O)CC2)c([N+](=O)[O-])c1. The molecule has 1 aromatic rings. The molecule has 10 nitrogen and oxygen atoms in total. The summed E-state index contributed by atoms with van der Waals surface area (Å²) >= 11 is 0. The summed E-state index contributed by atoms with van der Waals surface area (Å²) in [6, 6.07) is 3.54. The van der Waals surface area contributed by atoms with Crippen molar-refractivity contribution < 1.29 is 22.9 Å². The fourth-order valence-corrected chi connectivity index (χ4v) is 4.70. The number of hydrogen-bond donors (Lipinski definition) is 0. The molecule has 0 bridgehead atoms. The van der Waals surface area contributed by atoms with E-state index in [0.717, 1.165) is 25.2 Å². The molecule has 0 aromatic heterocycles. The number of likely N-dealkylation sites (tertiary alicyclic amines) is 1. The van der Waals surface area contributed by atoms with Gasteiger partial charge in [0.25, 0.3) is 5.69 Å². The number of amides is 2. The Morgan fingerprint density at radius 2 is 1.76 bits per heavy atom. The first-order valence-electron chi connectivity index (χ1n) is 9.50. The Kier molecular flexibility index (Phi) is 4.82. The van der Waals surface area contributed by atoms with Crippen LogP contribution in [0.1, 0.15) is 19.3 Å². The number of hydrogen-bond acceptors (Lipinski definition) is 8. The van der Waals surface area contributed by atoms with Crippen LogP contribution in [0.25, 0.3) is 0 Å². The van der Waals surface area contributed by atoms with Crippen molar-refractivity contribution in [2.45, 2.75) is 36.2 Å². The number of rotatable bonds is 5. The van der Waals surface area contributed by atoms with Crippen LogP contribution in [0.2, 0.25) is 0 Å². The molecule has 156 valence electrons. The molecule has 2 aliphatic heterocycles. The fraction of sp³-hybridized carbons (Fsp3) is 0.556. The molecular weight excluding hydrogens is 400 g/mol. The first kappa shape index (κ1) is 19.8. The Morgan fingerprint density at radius 1 is 1.10 bits per heavy atom. The third-order valence-corrected chi connectivity index (χ3v) is 6.85. The van der Waals surface area contributed by atoms with E-state index in [-0.39, 0.29) is 34.9 Å². The van der Waals surface area contributed by atoms with Gasteiger partial charge in [-0.3, -0.25) is 29.5 Å². The maximum Gasteiger partial charge on any atom is 0.293 e. The Balaban J connectivity index is 1.48. The smallest absolute Gasteiger partial charge is 0.293 e. The Labute approximate surface area is 168 Å². The normalized spacial score (nSPS) is 23.7. The molecular formula is C18H22N4O6S. The summed E-state index contributed by atoms with van der Waals surface area (Å²) in [4.78, 5) is 40.8. The zero-order valence-corrected chi connectivity index (χ0v) is 16.8. The maximum atomic E-state index is 12.6. The molecule has 4 rings (SSSR count). The Hall–Kier alpha value is -2.53. The minimum Gasteiger partial charge on any atom is -0.363 e. The van der Waals surface area contributed by atoms with Gasteiger partial charge in [0.1, 0.15) is 5.69 Å². The number of nitrogens with zero attached hydrogens (tertiary/aromatic N) is 4. The van der Waals surface area contributed by atoms with E-state index >= 15 is 0 Å². The lowest BCUT2D eigenvalue weighted by molar-refractivity contribution is -0.384. The van der Waals surface area contributed by atoms with Gasteiger partial charge in [0.15, 0.2) is 9.84 Å². The molecule has 0 radical (unpaired) electrons. The zero-order valence-electron chi connectivity index (χ0n) is 16.0. The second-order valence-electron chi connectivity index (χ2n) is 7.76. The minimum absolute atomic E-state index is 0.0669. The standard InChI is InChI=1S/C18H22N4O6S/c1-29(27,28)13-4-5-14(15(10-13)22(25)26)19-6-8-20(9-7-19)16-11-17(23)21(18(16)24)12-2-3-12/h4-5,10,12,16H,2-3,6-9,11H2,1H3/t16-/m1/s1. The summed E-state index contributed by atoms with van der Waals surface area (Å²) in [7, 11) is -3.55. The second-order valence-corrected chi connectivity index (χ2v) is 9.77. The van der Waals surface area contributed by atoms with Crippen molar-refractivity contribution in [2.75, 3.05) is 37.3 Å². The van der Waals surface area contributed by atoms with Crippen LogP contribution in [0.3, 0.4) is 0 Å². The van der Waals surface area contributed by atoms with Gasteiger partial charge in [-0.2, -0.15) is 0 Å². The Bertz CT molecular complexity index is 982. The summed E-state index contributed by atoms with van der Waals surface area (Å²) in [5.41, 5.74) is 0.101. The number of benzene rings is 1. The maximum absolute atomic E-state index is 12.6. The summed E-state index contributed by atoms with van der Waals surface area (Å²) < 4.78 is 23.4. The summed E-state index contributed by atoms with van der Waals surface area (Å²) in [5.74, 6) is -0.244. The lowest BCUT2D eigenvalue weighted by Crippen LogP contribution is -2.52. The number of carbonyl (C=O) groups is 2. The van der Waals surface area contributed by atoms with Crippen LogP contribution in [0.5, 0.6) is 0 Å². The van der Waals surface area contributed by atoms with E-state index in [2.05, 4.69) is 0 Å². The van der Waals surface area contributed by atoms with Gasteiger partial charge in [0.2, 0.25) is 11.8 Å². The van der Waals surface area contributed by atoms with E-state index in [1.807, 2.05) is 9.80 Å². The van der Waals surface area contributed by atoms with Gasteiger partial charge in [0, 0.05) is 44.5 Å². The molecule has 1 atom stereocenters. The molecule has 0 unspecified atom stereocenters. The van der Waals surface area contributed by atoms with Crippen molar-refractivity contribution >= 4 is 33.0 Å². The lowest BCUT2D eigenvalue weighted by Gasteiger charge is -2.37. The van der Waals surface area contributed by atoms with E-state index in [0.29, 0.717) is 31.9 Å². The quantitative estimate of drug-likeness (QED) is 0.380. The molecule has 1 saturated carbocycles. The molecule has 2 saturated heterocycles. The highest BCUT2D eigenvalue weighted by Gasteiger charge is 2.48. The number of sulfone groups is 1. The van der Waals surface area contributed by atoms with Crippen molar-refractivity contribution in [3.8, 4) is 0 Å². The summed E-state index contributed by atoms with van der Waals surface area (Å²) in [6.45, 7) is 1.88. The average molecular weight is 422 g/mol. The van der Waals surface area contributed by atoms with Crippen molar-refractivity contribution in [3.05, 3.63) is 28.3 Å². The molecule has 1 aliphatic carbocycles. The van der Waals surface area contributed by atoms with Crippen LogP contribution in [-0.2, 0) is 19.4 Å². The monoisotopic (exact) mass is 422 g/mol. The lowest BCUT2D eigenvalue weighted by atomic mass is 10.1. The van der Waals surface area contributed by atoms with E-state index in [9.17, 15) is 28.1 Å². The van der Waals surface area contributed by atoms with Gasteiger partial charge < -0.3 is 4.90 Å². The van der Waals surface area contributed by atoms with E-state index in [1.165, 1.54) is 17.0 Å². The average Bonchev–Trinajstić information content (AvgIpc) is 3.45. The second kappa shape index (κ2) is 7.06. The largest absolute Gasteiger partial charge is 0.363 e. The number of nitro groups is 1. The van der Waals surface area contributed by atoms with Crippen molar-refractivity contribution in [3.63, 3.8) is 0 Å². The van der Waals surface area contributed by atoms with E-state index in [4.69, 9.17) is 0 Å². The highest BCUT2D eigenvalue weighted by Crippen LogP contribution is 2.34. The first-order chi connectivity index (χ1) is 13.7. The van der Waals surface area contributed by atoms with Crippen LogP contribution in [-0.4, -0.2) is 79.5 Å². The van der Waals surface area contributed by atoms with Crippen LogP contribution in [0.4, 0.5) is 11.4 Å². The predicted molar refractivity (Wildman–Crippen MR) is 103 cm³/mol. The third-order valence-electron chi connectivity index (χ3n) is 5.74. The number of imide groups is 1. The molecule has 29 heavy (non-hydrogen) atoms. The summed E-state index contributed by atoms with van der Waals surface area (Å²) in [5, 5.41) is 11.5. The molecule has 0 spiro atoms. The number of nitro benzene ring substituents is 1. The van der Waals surface area contributed by atoms with Crippen LogP contribution >= 0.6 is 0 Å². The van der Waals surface area contributed by atoms with Gasteiger partial charge in [-0.15, -0.1) is 0 Å². The van der Waals surface area contributed by atoms with Crippen LogP contribution in [0, 0.1) is 10.1 Å². The van der Waals surface area contributed by atoms with Crippen LogP contribution < -0.4 is 4.90 Å².